The minimum absolute atomic E-state index is 0.0108. The highest BCUT2D eigenvalue weighted by Gasteiger charge is 2.45. The Morgan fingerprint density at radius 1 is 1.07 bits per heavy atom. The first-order chi connectivity index (χ1) is 14.5. The Kier molecular flexibility index (Phi) is 4.84. The number of rotatable bonds is 8. The van der Waals surface area contributed by atoms with Gasteiger partial charge in [-0.1, -0.05) is 37.8 Å². The Bertz CT molecular complexity index is 987. The van der Waals surface area contributed by atoms with E-state index in [0.717, 1.165) is 31.2 Å². The van der Waals surface area contributed by atoms with Crippen LogP contribution in [0, 0.1) is 11.8 Å². The van der Waals surface area contributed by atoms with E-state index in [1.54, 1.807) is 24.5 Å². The first-order valence-corrected chi connectivity index (χ1v) is 11.0. The van der Waals surface area contributed by atoms with Gasteiger partial charge < -0.3 is 19.4 Å². The Hall–Kier alpha value is -2.69. The van der Waals surface area contributed by atoms with Gasteiger partial charge in [-0.3, -0.25) is 0 Å². The molecule has 2 N–H and O–H groups in total. The van der Waals surface area contributed by atoms with Crippen molar-refractivity contribution in [1.29, 1.82) is 0 Å². The minimum Gasteiger partial charge on any atom is -0.508 e. The summed E-state index contributed by atoms with van der Waals surface area (Å²) in [6.07, 6.45) is 11.2. The average molecular weight is 408 g/mol. The Labute approximate surface area is 176 Å². The molecule has 2 atom stereocenters. The molecule has 5 rings (SSSR count). The van der Waals surface area contributed by atoms with E-state index in [-0.39, 0.29) is 23.0 Å². The highest BCUT2D eigenvalue weighted by molar-refractivity contribution is 5.38. The van der Waals surface area contributed by atoms with Crippen molar-refractivity contribution in [3.8, 4) is 11.5 Å². The molecule has 0 saturated heterocycles. The summed E-state index contributed by atoms with van der Waals surface area (Å²) >= 11 is 0. The van der Waals surface area contributed by atoms with E-state index in [1.807, 2.05) is 18.2 Å². The predicted octanol–water partition coefficient (Wildman–Crippen LogP) is 5.11. The van der Waals surface area contributed by atoms with Gasteiger partial charge in [0, 0.05) is 18.4 Å². The van der Waals surface area contributed by atoms with Gasteiger partial charge in [-0.2, -0.15) is 0 Å². The molecule has 2 heterocycles. The van der Waals surface area contributed by atoms with E-state index < -0.39 is 11.2 Å². The van der Waals surface area contributed by atoms with Crippen molar-refractivity contribution < 1.29 is 19.4 Å². The lowest BCUT2D eigenvalue weighted by molar-refractivity contribution is 0.0209. The molecule has 3 aliphatic rings. The maximum absolute atomic E-state index is 13.1. The zero-order chi connectivity index (χ0) is 20.7. The second-order valence-corrected chi connectivity index (χ2v) is 9.28. The molecule has 0 amide bonds. The van der Waals surface area contributed by atoms with E-state index in [2.05, 4.69) is 0 Å². The molecule has 2 aliphatic carbocycles. The minimum atomic E-state index is -0.798. The fraction of sp³-hybridized carbons (Fsp3) is 0.480. The van der Waals surface area contributed by atoms with Crippen LogP contribution in [0.1, 0.15) is 67.8 Å². The van der Waals surface area contributed by atoms with Gasteiger partial charge in [-0.15, -0.1) is 0 Å². The SMILES string of the molecule is O=c1oc(C(Cc2ccc(O)cc2)CC2CC2)cc(O)c1C1(CC2CC2)CC=CO1. The summed E-state index contributed by atoms with van der Waals surface area (Å²) in [7, 11) is 0. The lowest BCUT2D eigenvalue weighted by atomic mass is 9.85. The van der Waals surface area contributed by atoms with Crippen LogP contribution in [0.4, 0.5) is 0 Å². The van der Waals surface area contributed by atoms with Gasteiger partial charge in [-0.25, -0.2) is 4.79 Å². The molecule has 0 bridgehead atoms. The lowest BCUT2D eigenvalue weighted by Crippen LogP contribution is -2.32. The van der Waals surface area contributed by atoms with Crippen molar-refractivity contribution in [3.63, 3.8) is 0 Å². The third kappa shape index (κ3) is 3.98. The fourth-order valence-electron chi connectivity index (χ4n) is 4.74. The quantitative estimate of drug-likeness (QED) is 0.635. The van der Waals surface area contributed by atoms with Crippen LogP contribution in [0.3, 0.4) is 0 Å². The van der Waals surface area contributed by atoms with Crippen LogP contribution in [0.5, 0.6) is 11.5 Å². The molecular formula is C25H28O5. The second kappa shape index (κ2) is 7.53. The van der Waals surface area contributed by atoms with E-state index in [4.69, 9.17) is 9.15 Å². The smallest absolute Gasteiger partial charge is 0.347 e. The van der Waals surface area contributed by atoms with Crippen molar-refractivity contribution in [2.24, 2.45) is 11.8 Å². The molecular weight excluding hydrogens is 380 g/mol. The van der Waals surface area contributed by atoms with Crippen LogP contribution in [-0.2, 0) is 16.8 Å². The Morgan fingerprint density at radius 2 is 1.80 bits per heavy atom. The number of hydrogen-bond donors (Lipinski definition) is 2. The highest BCUT2D eigenvalue weighted by atomic mass is 16.5. The molecule has 2 fully saturated rings. The number of phenols is 1. The number of phenolic OH excluding ortho intramolecular Hbond substituents is 1. The third-order valence-corrected chi connectivity index (χ3v) is 6.69. The van der Waals surface area contributed by atoms with Gasteiger partial charge in [0.1, 0.15) is 28.4 Å². The summed E-state index contributed by atoms with van der Waals surface area (Å²) in [5.41, 5.74) is 0.0461. The van der Waals surface area contributed by atoms with E-state index in [1.165, 1.54) is 12.8 Å². The monoisotopic (exact) mass is 408 g/mol. The predicted molar refractivity (Wildman–Crippen MR) is 112 cm³/mol. The molecule has 1 aromatic heterocycles. The first kappa shape index (κ1) is 19.3. The summed E-state index contributed by atoms with van der Waals surface area (Å²) in [6.45, 7) is 0. The Balaban J connectivity index is 1.46. The summed E-state index contributed by atoms with van der Waals surface area (Å²) < 4.78 is 11.7. The van der Waals surface area contributed by atoms with Gasteiger partial charge in [0.2, 0.25) is 0 Å². The van der Waals surface area contributed by atoms with Gasteiger partial charge >= 0.3 is 5.63 Å². The van der Waals surface area contributed by atoms with E-state index in [0.29, 0.717) is 30.4 Å². The maximum atomic E-state index is 13.1. The number of aromatic hydroxyl groups is 2. The van der Waals surface area contributed by atoms with Crippen molar-refractivity contribution in [3.05, 3.63) is 70.0 Å². The summed E-state index contributed by atoms with van der Waals surface area (Å²) in [5.74, 6) is 1.95. The molecule has 5 nitrogen and oxygen atoms in total. The molecule has 5 heteroatoms. The average Bonchev–Trinajstić information content (AvgIpc) is 3.64. The molecule has 158 valence electrons. The molecule has 2 unspecified atom stereocenters. The number of benzene rings is 1. The van der Waals surface area contributed by atoms with Crippen LogP contribution in [0.25, 0.3) is 0 Å². The largest absolute Gasteiger partial charge is 0.508 e. The van der Waals surface area contributed by atoms with Crippen LogP contribution >= 0.6 is 0 Å². The summed E-state index contributed by atoms with van der Waals surface area (Å²) in [6, 6.07) is 8.77. The molecule has 0 spiro atoms. The zero-order valence-electron chi connectivity index (χ0n) is 17.0. The van der Waals surface area contributed by atoms with Crippen molar-refractivity contribution in [2.75, 3.05) is 0 Å². The van der Waals surface area contributed by atoms with Crippen LogP contribution in [0.15, 0.2) is 51.9 Å². The van der Waals surface area contributed by atoms with Gasteiger partial charge in [0.25, 0.3) is 0 Å². The van der Waals surface area contributed by atoms with Crippen LogP contribution in [-0.4, -0.2) is 10.2 Å². The zero-order valence-corrected chi connectivity index (χ0v) is 17.0. The molecule has 0 radical (unpaired) electrons. The topological polar surface area (TPSA) is 79.9 Å². The number of ether oxygens (including phenoxy) is 1. The van der Waals surface area contributed by atoms with E-state index >= 15 is 0 Å². The van der Waals surface area contributed by atoms with Crippen LogP contribution in [0.2, 0.25) is 0 Å². The first-order valence-electron chi connectivity index (χ1n) is 11.0. The van der Waals surface area contributed by atoms with Gasteiger partial charge in [-0.05, 0) is 54.9 Å². The third-order valence-electron chi connectivity index (χ3n) is 6.69. The molecule has 2 saturated carbocycles. The van der Waals surface area contributed by atoms with Gasteiger partial charge in [0.15, 0.2) is 0 Å². The summed E-state index contributed by atoms with van der Waals surface area (Å²) in [4.78, 5) is 13.1. The standard InChI is InChI=1S/C25H28O5/c26-20-8-6-17(7-9-20)13-19(12-16-2-3-16)22-14-21(27)23(24(28)30-22)25(10-1-11-29-25)15-18-4-5-18/h1,6-9,11,14,16,18-19,26-27H,2-5,10,12-13,15H2. The molecule has 2 aromatic rings. The second-order valence-electron chi connectivity index (χ2n) is 9.28. The molecule has 1 aromatic carbocycles. The Morgan fingerprint density at radius 3 is 2.40 bits per heavy atom. The molecule has 30 heavy (non-hydrogen) atoms. The normalized spacial score (nSPS) is 24.0. The van der Waals surface area contributed by atoms with Gasteiger partial charge in [0.05, 0.1) is 6.26 Å². The van der Waals surface area contributed by atoms with Crippen molar-refractivity contribution >= 4 is 0 Å². The highest BCUT2D eigenvalue weighted by Crippen LogP contribution is 2.48. The number of hydrogen-bond acceptors (Lipinski definition) is 5. The van der Waals surface area contributed by atoms with Crippen molar-refractivity contribution in [1.82, 2.24) is 0 Å². The lowest BCUT2D eigenvalue weighted by Gasteiger charge is -2.29. The molecule has 1 aliphatic heterocycles. The van der Waals surface area contributed by atoms with E-state index in [9.17, 15) is 15.0 Å². The maximum Gasteiger partial charge on any atom is 0.347 e. The summed E-state index contributed by atoms with van der Waals surface area (Å²) in [5, 5.41) is 20.5. The fourth-order valence-corrected chi connectivity index (χ4v) is 4.74. The van der Waals surface area contributed by atoms with Crippen LogP contribution < -0.4 is 5.63 Å². The van der Waals surface area contributed by atoms with Crippen molar-refractivity contribution in [2.45, 2.75) is 62.9 Å².